The minimum Gasteiger partial charge on any atom is -0.364 e. The van der Waals surface area contributed by atoms with Crippen molar-refractivity contribution in [2.24, 2.45) is 0 Å². The van der Waals surface area contributed by atoms with Crippen molar-refractivity contribution in [3.8, 4) is 0 Å². The molecule has 0 radical (unpaired) electrons. The zero-order valence-corrected chi connectivity index (χ0v) is 22.3. The minimum absolute atomic E-state index is 0.0896. The van der Waals surface area contributed by atoms with E-state index in [0.29, 0.717) is 22.3 Å². The number of benzene rings is 1. The fraction of sp³-hybridized carbons (Fsp3) is 0.615. The second kappa shape index (κ2) is 17.3. The fourth-order valence-corrected chi connectivity index (χ4v) is 4.59. The van der Waals surface area contributed by atoms with Crippen molar-refractivity contribution in [2.45, 2.75) is 96.8 Å². The number of aromatic nitrogens is 2. The Labute approximate surface area is 219 Å². The summed E-state index contributed by atoms with van der Waals surface area (Å²) in [6.07, 6.45) is 19.4. The average Bonchev–Trinajstić information content (AvgIpc) is 2.81. The number of hydrogen-bond acceptors (Lipinski definition) is 6. The van der Waals surface area contributed by atoms with E-state index in [9.17, 15) is 10.1 Å². The van der Waals surface area contributed by atoms with Crippen molar-refractivity contribution in [2.75, 3.05) is 17.2 Å². The van der Waals surface area contributed by atoms with Crippen LogP contribution in [0.15, 0.2) is 24.5 Å². The zero-order chi connectivity index (χ0) is 25.3. The highest BCUT2D eigenvalue weighted by Gasteiger charge is 2.23. The summed E-state index contributed by atoms with van der Waals surface area (Å²) in [5.41, 5.74) is 0.316. The molecule has 0 aliphatic heterocycles. The quantitative estimate of drug-likeness (QED) is 0.108. The fourth-order valence-electron chi connectivity index (χ4n) is 4.06. The van der Waals surface area contributed by atoms with Gasteiger partial charge in [0.1, 0.15) is 6.33 Å². The Hall–Kier alpha value is -2.12. The van der Waals surface area contributed by atoms with Crippen LogP contribution in [-0.2, 0) is 0 Å². The Kier molecular flexibility index (Phi) is 14.4. The molecule has 0 spiro atoms. The first-order valence-corrected chi connectivity index (χ1v) is 13.7. The van der Waals surface area contributed by atoms with Crippen LogP contribution in [0.4, 0.5) is 23.0 Å². The highest BCUT2D eigenvalue weighted by atomic mass is 35.5. The van der Waals surface area contributed by atoms with Crippen LogP contribution in [0.5, 0.6) is 0 Å². The maximum atomic E-state index is 11.7. The lowest BCUT2D eigenvalue weighted by atomic mass is 10.0. The molecule has 1 aromatic heterocycles. The molecular weight excluding hydrogens is 485 g/mol. The van der Waals surface area contributed by atoms with Crippen LogP contribution in [0.25, 0.3) is 0 Å². The van der Waals surface area contributed by atoms with Gasteiger partial charge in [-0.25, -0.2) is 9.97 Å². The summed E-state index contributed by atoms with van der Waals surface area (Å²) >= 11 is 12.0. The Bertz CT molecular complexity index is 878. The largest absolute Gasteiger partial charge is 0.364 e. The van der Waals surface area contributed by atoms with E-state index in [1.54, 1.807) is 18.2 Å². The third kappa shape index (κ3) is 11.9. The van der Waals surface area contributed by atoms with Gasteiger partial charge in [0.25, 0.3) is 0 Å². The van der Waals surface area contributed by atoms with Crippen LogP contribution in [0, 0.1) is 10.1 Å². The van der Waals surface area contributed by atoms with E-state index in [0.717, 1.165) is 12.8 Å². The third-order valence-electron chi connectivity index (χ3n) is 5.95. The molecule has 2 N–H and O–H groups in total. The van der Waals surface area contributed by atoms with E-state index in [2.05, 4.69) is 27.5 Å². The van der Waals surface area contributed by atoms with E-state index in [1.165, 1.54) is 83.4 Å². The van der Waals surface area contributed by atoms with Crippen LogP contribution < -0.4 is 10.6 Å². The topological polar surface area (TPSA) is 93.0 Å². The van der Waals surface area contributed by atoms with Gasteiger partial charge in [0.05, 0.1) is 4.92 Å². The van der Waals surface area contributed by atoms with Gasteiger partial charge in [-0.05, 0) is 24.6 Å². The average molecular weight is 525 g/mol. The molecule has 2 aromatic rings. The normalized spacial score (nSPS) is 10.9. The maximum absolute atomic E-state index is 11.7. The molecule has 0 saturated carbocycles. The van der Waals surface area contributed by atoms with Gasteiger partial charge in [-0.2, -0.15) is 0 Å². The van der Waals surface area contributed by atoms with Crippen molar-refractivity contribution < 1.29 is 4.92 Å². The standard InChI is InChI=1S/C26H39Cl2N5O2/c1-2-3-4-5-6-7-8-9-10-11-12-13-14-15-16-29-25-24(33(34)35)26(31-20-30-25)32-23-18-21(27)17-22(28)19-23/h17-20H,2-16H2,1H3,(H2,29,30,31,32). The van der Waals surface area contributed by atoms with Gasteiger partial charge in [0.15, 0.2) is 0 Å². The summed E-state index contributed by atoms with van der Waals surface area (Å²) in [4.78, 5) is 19.4. The van der Waals surface area contributed by atoms with E-state index in [1.807, 2.05) is 0 Å². The van der Waals surface area contributed by atoms with Crippen molar-refractivity contribution in [1.82, 2.24) is 9.97 Å². The van der Waals surface area contributed by atoms with Gasteiger partial charge in [-0.1, -0.05) is 114 Å². The first kappa shape index (κ1) is 29.1. The van der Waals surface area contributed by atoms with Crippen molar-refractivity contribution in [3.05, 3.63) is 44.7 Å². The van der Waals surface area contributed by atoms with Gasteiger partial charge < -0.3 is 10.6 Å². The molecule has 0 aliphatic carbocycles. The third-order valence-corrected chi connectivity index (χ3v) is 6.39. The van der Waals surface area contributed by atoms with E-state index in [-0.39, 0.29) is 17.3 Å². The van der Waals surface area contributed by atoms with Gasteiger partial charge in [-0.3, -0.25) is 10.1 Å². The number of halogens is 2. The monoisotopic (exact) mass is 523 g/mol. The Morgan fingerprint density at radius 1 is 0.771 bits per heavy atom. The molecule has 194 valence electrons. The summed E-state index contributed by atoms with van der Waals surface area (Å²) in [6, 6.07) is 4.84. The molecule has 0 unspecified atom stereocenters. The molecular formula is C26H39Cl2N5O2. The first-order valence-electron chi connectivity index (χ1n) is 13.0. The highest BCUT2D eigenvalue weighted by molar-refractivity contribution is 6.35. The number of hydrogen-bond donors (Lipinski definition) is 2. The second-order valence-corrected chi connectivity index (χ2v) is 9.86. The van der Waals surface area contributed by atoms with Crippen molar-refractivity contribution >= 4 is 46.2 Å². The van der Waals surface area contributed by atoms with Crippen molar-refractivity contribution in [1.29, 1.82) is 0 Å². The Morgan fingerprint density at radius 2 is 1.26 bits per heavy atom. The van der Waals surface area contributed by atoms with E-state index >= 15 is 0 Å². The number of unbranched alkanes of at least 4 members (excludes halogenated alkanes) is 13. The molecule has 0 atom stereocenters. The molecule has 9 heteroatoms. The molecule has 0 saturated heterocycles. The Morgan fingerprint density at radius 3 is 1.77 bits per heavy atom. The molecule has 1 aromatic carbocycles. The van der Waals surface area contributed by atoms with Crippen LogP contribution in [0.2, 0.25) is 10.0 Å². The molecule has 0 fully saturated rings. The Balaban J connectivity index is 1.65. The molecule has 35 heavy (non-hydrogen) atoms. The number of nitro groups is 1. The van der Waals surface area contributed by atoms with Gasteiger partial charge >= 0.3 is 5.69 Å². The number of nitrogens with one attached hydrogen (secondary N) is 2. The van der Waals surface area contributed by atoms with Gasteiger partial charge in [-0.15, -0.1) is 0 Å². The lowest BCUT2D eigenvalue weighted by Crippen LogP contribution is -2.09. The lowest BCUT2D eigenvalue weighted by Gasteiger charge is -2.10. The van der Waals surface area contributed by atoms with Crippen LogP contribution in [0.3, 0.4) is 0 Å². The smallest absolute Gasteiger partial charge is 0.353 e. The number of anilines is 3. The molecule has 2 rings (SSSR count). The maximum Gasteiger partial charge on any atom is 0.353 e. The minimum atomic E-state index is -0.484. The molecule has 0 aliphatic rings. The summed E-state index contributed by atoms with van der Waals surface area (Å²) in [5.74, 6) is 0.294. The zero-order valence-electron chi connectivity index (χ0n) is 20.8. The molecule has 7 nitrogen and oxygen atoms in total. The SMILES string of the molecule is CCCCCCCCCCCCCCCCNc1ncnc(Nc2cc(Cl)cc(Cl)c2)c1[N+](=O)[O-]. The highest BCUT2D eigenvalue weighted by Crippen LogP contribution is 2.32. The molecule has 1 heterocycles. The lowest BCUT2D eigenvalue weighted by molar-refractivity contribution is -0.383. The summed E-state index contributed by atoms with van der Waals surface area (Å²) in [7, 11) is 0. The summed E-state index contributed by atoms with van der Waals surface area (Å²) < 4.78 is 0. The predicted octanol–water partition coefficient (Wildman–Crippen LogP) is 9.33. The predicted molar refractivity (Wildman–Crippen MR) is 147 cm³/mol. The van der Waals surface area contributed by atoms with E-state index in [4.69, 9.17) is 23.2 Å². The van der Waals surface area contributed by atoms with Gasteiger partial charge in [0, 0.05) is 22.3 Å². The summed E-state index contributed by atoms with van der Waals surface area (Å²) in [6.45, 7) is 2.88. The van der Waals surface area contributed by atoms with Crippen LogP contribution in [0.1, 0.15) is 96.8 Å². The van der Waals surface area contributed by atoms with Gasteiger partial charge in [0.2, 0.25) is 11.6 Å². The summed E-state index contributed by atoms with van der Waals surface area (Å²) in [5, 5.41) is 18.6. The van der Waals surface area contributed by atoms with Crippen molar-refractivity contribution in [3.63, 3.8) is 0 Å². The second-order valence-electron chi connectivity index (χ2n) is 8.98. The molecule has 0 bridgehead atoms. The molecule has 0 amide bonds. The number of rotatable bonds is 19. The first-order chi connectivity index (χ1) is 17.0. The van der Waals surface area contributed by atoms with Crippen LogP contribution in [-0.4, -0.2) is 21.4 Å². The van der Waals surface area contributed by atoms with E-state index < -0.39 is 4.92 Å². The number of nitrogens with zero attached hydrogens (tertiary/aromatic N) is 3. The van der Waals surface area contributed by atoms with Crippen LogP contribution >= 0.6 is 23.2 Å².